The minimum absolute atomic E-state index is 0.255. The largest absolute Gasteiger partial charge is 0.492 e. The molecule has 0 aromatic heterocycles. The molecule has 2 heterocycles. The van der Waals surface area contributed by atoms with E-state index >= 15 is 0 Å². The highest BCUT2D eigenvalue weighted by Gasteiger charge is 2.37. The molecule has 0 saturated carbocycles. The van der Waals surface area contributed by atoms with Crippen LogP contribution in [0.5, 0.6) is 11.5 Å². The van der Waals surface area contributed by atoms with Gasteiger partial charge in [-0.15, -0.1) is 0 Å². The van der Waals surface area contributed by atoms with Crippen LogP contribution in [0.4, 0.5) is 4.79 Å². The maximum absolute atomic E-state index is 12.7. The Hall–Kier alpha value is -1.79. The summed E-state index contributed by atoms with van der Waals surface area (Å²) < 4.78 is 17.0. The number of hydrogen-bond donors (Lipinski definition) is 0. The first-order chi connectivity index (χ1) is 13.9. The van der Waals surface area contributed by atoms with Crippen molar-refractivity contribution in [2.45, 2.75) is 6.92 Å². The van der Waals surface area contributed by atoms with Gasteiger partial charge in [0.25, 0.3) is 11.1 Å². The third kappa shape index (κ3) is 5.04. The van der Waals surface area contributed by atoms with Crippen molar-refractivity contribution in [1.29, 1.82) is 0 Å². The van der Waals surface area contributed by atoms with Gasteiger partial charge in [0.2, 0.25) is 5.91 Å². The molecule has 0 spiro atoms. The predicted octanol–water partition coefficient (Wildman–Crippen LogP) is 2.59. The second-order valence-corrected chi connectivity index (χ2v) is 8.38. The Labute approximate surface area is 186 Å². The highest BCUT2D eigenvalue weighted by atomic mass is 127. The predicted molar refractivity (Wildman–Crippen MR) is 117 cm³/mol. The van der Waals surface area contributed by atoms with Crippen LogP contribution in [0.3, 0.4) is 0 Å². The first-order valence-corrected chi connectivity index (χ1v) is 10.9. The minimum atomic E-state index is -0.467. The van der Waals surface area contributed by atoms with Gasteiger partial charge in [-0.05, 0) is 65.0 Å². The van der Waals surface area contributed by atoms with Crippen molar-refractivity contribution in [1.82, 2.24) is 9.80 Å². The molecule has 156 valence electrons. The van der Waals surface area contributed by atoms with E-state index in [1.165, 1.54) is 0 Å². The Morgan fingerprint density at radius 3 is 2.69 bits per heavy atom. The Morgan fingerprint density at radius 1 is 1.31 bits per heavy atom. The van der Waals surface area contributed by atoms with E-state index in [9.17, 15) is 14.4 Å². The number of methoxy groups -OCH3 is 1. The summed E-state index contributed by atoms with van der Waals surface area (Å²) in [6, 6.07) is 3.60. The van der Waals surface area contributed by atoms with Crippen LogP contribution in [0.25, 0.3) is 6.08 Å². The van der Waals surface area contributed by atoms with Crippen molar-refractivity contribution in [2.24, 2.45) is 0 Å². The average molecular weight is 532 g/mol. The number of thioether (sulfide) groups is 1. The molecule has 1 aromatic carbocycles. The van der Waals surface area contributed by atoms with Crippen LogP contribution in [0, 0.1) is 3.57 Å². The van der Waals surface area contributed by atoms with E-state index in [4.69, 9.17) is 14.2 Å². The van der Waals surface area contributed by atoms with Crippen molar-refractivity contribution in [3.05, 3.63) is 26.2 Å². The van der Waals surface area contributed by atoms with Crippen molar-refractivity contribution < 1.29 is 28.6 Å². The van der Waals surface area contributed by atoms with Crippen LogP contribution in [0.2, 0.25) is 0 Å². The molecular formula is C19H21IN2O6S. The molecule has 29 heavy (non-hydrogen) atoms. The lowest BCUT2D eigenvalue weighted by Gasteiger charge is -2.28. The van der Waals surface area contributed by atoms with Crippen LogP contribution in [-0.4, -0.2) is 73.4 Å². The van der Waals surface area contributed by atoms with Crippen LogP contribution in [-0.2, 0) is 14.3 Å². The number of imide groups is 1. The van der Waals surface area contributed by atoms with E-state index in [-0.39, 0.29) is 17.4 Å². The molecule has 2 aliphatic heterocycles. The number of hydrogen-bond acceptors (Lipinski definition) is 7. The van der Waals surface area contributed by atoms with E-state index in [1.54, 1.807) is 24.2 Å². The first-order valence-electron chi connectivity index (χ1n) is 9.05. The van der Waals surface area contributed by atoms with E-state index in [1.807, 2.05) is 13.0 Å². The van der Waals surface area contributed by atoms with Crippen LogP contribution < -0.4 is 9.47 Å². The molecule has 0 unspecified atom stereocenters. The number of carbonyl (C=O) groups is 3. The van der Waals surface area contributed by atoms with Gasteiger partial charge >= 0.3 is 0 Å². The fourth-order valence-corrected chi connectivity index (χ4v) is 4.65. The first kappa shape index (κ1) is 21.9. The molecule has 1 aromatic rings. The van der Waals surface area contributed by atoms with Gasteiger partial charge in [-0.1, -0.05) is 0 Å². The van der Waals surface area contributed by atoms with E-state index in [0.29, 0.717) is 50.0 Å². The lowest BCUT2D eigenvalue weighted by Crippen LogP contribution is -2.46. The summed E-state index contributed by atoms with van der Waals surface area (Å²) in [7, 11) is 1.57. The molecule has 0 bridgehead atoms. The molecule has 0 atom stereocenters. The summed E-state index contributed by atoms with van der Waals surface area (Å²) in [5, 5.41) is -0.448. The summed E-state index contributed by atoms with van der Waals surface area (Å²) in [6.45, 7) is 3.95. The zero-order valence-electron chi connectivity index (χ0n) is 16.1. The fourth-order valence-electron chi connectivity index (χ4n) is 2.97. The molecule has 10 heteroatoms. The third-order valence-corrected chi connectivity index (χ3v) is 6.07. The summed E-state index contributed by atoms with van der Waals surface area (Å²) in [4.78, 5) is 40.3. The molecular weight excluding hydrogens is 511 g/mol. The minimum Gasteiger partial charge on any atom is -0.492 e. The monoisotopic (exact) mass is 532 g/mol. The zero-order valence-corrected chi connectivity index (χ0v) is 19.1. The van der Waals surface area contributed by atoms with E-state index in [0.717, 1.165) is 20.2 Å². The summed E-state index contributed by atoms with van der Waals surface area (Å²) in [5.74, 6) is 0.462. The summed E-state index contributed by atoms with van der Waals surface area (Å²) in [6.07, 6.45) is 1.63. The molecule has 3 amide bonds. The number of amides is 3. The number of benzene rings is 1. The second kappa shape index (κ2) is 9.81. The number of morpholine rings is 1. The lowest BCUT2D eigenvalue weighted by molar-refractivity contribution is -0.139. The summed E-state index contributed by atoms with van der Waals surface area (Å²) >= 11 is 2.96. The SMILES string of the molecule is CCOc1cc(/C=C2/SC(=O)N(CC(=O)N3CCOCC3)C2=O)cc(I)c1OC. The van der Waals surface area contributed by atoms with Gasteiger partial charge in [0.15, 0.2) is 11.5 Å². The Morgan fingerprint density at radius 2 is 2.03 bits per heavy atom. The van der Waals surface area contributed by atoms with E-state index in [2.05, 4.69) is 22.6 Å². The Balaban J connectivity index is 1.78. The van der Waals surface area contributed by atoms with Crippen LogP contribution in [0.15, 0.2) is 17.0 Å². The van der Waals surface area contributed by atoms with E-state index < -0.39 is 11.1 Å². The number of rotatable bonds is 6. The van der Waals surface area contributed by atoms with Gasteiger partial charge in [-0.25, -0.2) is 0 Å². The molecule has 3 rings (SSSR count). The standard InChI is InChI=1S/C19H21IN2O6S/c1-3-28-14-9-12(8-13(20)17(14)26-2)10-15-18(24)22(19(25)29-15)11-16(23)21-4-6-27-7-5-21/h8-10H,3-7,11H2,1-2H3/b15-10+. The van der Waals surface area contributed by atoms with Gasteiger partial charge in [0, 0.05) is 13.1 Å². The second-order valence-electron chi connectivity index (χ2n) is 6.23. The number of ether oxygens (including phenoxy) is 3. The molecule has 2 aliphatic rings. The maximum atomic E-state index is 12.7. The van der Waals surface area contributed by atoms with Gasteiger partial charge in [-0.3, -0.25) is 19.3 Å². The molecule has 2 saturated heterocycles. The highest BCUT2D eigenvalue weighted by molar-refractivity contribution is 14.1. The van der Waals surface area contributed by atoms with Gasteiger partial charge in [0.05, 0.1) is 35.4 Å². The molecule has 8 nitrogen and oxygen atoms in total. The number of carbonyl (C=O) groups excluding carboxylic acids is 3. The maximum Gasteiger partial charge on any atom is 0.294 e. The molecule has 2 fully saturated rings. The van der Waals surface area contributed by atoms with Crippen molar-refractivity contribution in [2.75, 3.05) is 46.6 Å². The van der Waals surface area contributed by atoms with Crippen LogP contribution in [0.1, 0.15) is 12.5 Å². The average Bonchev–Trinajstić information content (AvgIpc) is 2.96. The summed E-state index contributed by atoms with van der Waals surface area (Å²) in [5.41, 5.74) is 0.712. The smallest absolute Gasteiger partial charge is 0.294 e. The van der Waals surface area contributed by atoms with Crippen molar-refractivity contribution >= 4 is 57.5 Å². The van der Waals surface area contributed by atoms with Crippen molar-refractivity contribution in [3.8, 4) is 11.5 Å². The molecule has 0 aliphatic carbocycles. The molecule has 0 radical (unpaired) electrons. The number of halogens is 1. The Kier molecular flexibility index (Phi) is 7.41. The van der Waals surface area contributed by atoms with Crippen molar-refractivity contribution in [3.63, 3.8) is 0 Å². The van der Waals surface area contributed by atoms with Gasteiger partial charge in [-0.2, -0.15) is 0 Å². The van der Waals surface area contributed by atoms with Crippen LogP contribution >= 0.6 is 34.4 Å². The van der Waals surface area contributed by atoms with Gasteiger partial charge < -0.3 is 19.1 Å². The zero-order chi connectivity index (χ0) is 21.0. The lowest BCUT2D eigenvalue weighted by atomic mass is 10.2. The molecule has 0 N–H and O–H groups in total. The topological polar surface area (TPSA) is 85.4 Å². The normalized spacial score (nSPS) is 18.5. The van der Waals surface area contributed by atoms with Gasteiger partial charge in [0.1, 0.15) is 6.54 Å². The quantitative estimate of drug-likeness (QED) is 0.412. The number of nitrogens with zero attached hydrogens (tertiary/aromatic N) is 2. The Bertz CT molecular complexity index is 853. The fraction of sp³-hybridized carbons (Fsp3) is 0.421. The third-order valence-electron chi connectivity index (χ3n) is 4.36. The highest BCUT2D eigenvalue weighted by Crippen LogP contribution is 2.37.